The van der Waals surface area contributed by atoms with Gasteiger partial charge in [0.1, 0.15) is 0 Å². The van der Waals surface area contributed by atoms with Crippen molar-refractivity contribution < 1.29 is 4.79 Å². The van der Waals surface area contributed by atoms with Gasteiger partial charge < -0.3 is 15.2 Å². The number of aromatic nitrogens is 3. The summed E-state index contributed by atoms with van der Waals surface area (Å²) in [5, 5.41) is 14.5. The van der Waals surface area contributed by atoms with Crippen LogP contribution in [0, 0.1) is 6.92 Å². The minimum Gasteiger partial charge on any atom is -0.377 e. The molecule has 6 nitrogen and oxygen atoms in total. The molecule has 0 aliphatic rings. The summed E-state index contributed by atoms with van der Waals surface area (Å²) in [5.74, 6) is 1.49. The lowest BCUT2D eigenvalue weighted by Crippen LogP contribution is -2.20. The maximum atomic E-state index is 12.1. The van der Waals surface area contributed by atoms with Crippen LogP contribution in [0.4, 0.5) is 5.69 Å². The van der Waals surface area contributed by atoms with E-state index in [2.05, 4.69) is 20.8 Å². The highest BCUT2D eigenvalue weighted by Gasteiger charge is 2.13. The molecular weight excluding hydrogens is 314 g/mol. The summed E-state index contributed by atoms with van der Waals surface area (Å²) in [6.45, 7) is 2.44. The van der Waals surface area contributed by atoms with Gasteiger partial charge in [-0.1, -0.05) is 42.0 Å². The molecule has 0 aliphatic carbocycles. The molecule has 2 aromatic carbocycles. The van der Waals surface area contributed by atoms with Crippen molar-refractivity contribution in [1.82, 2.24) is 20.1 Å². The molecule has 0 radical (unpaired) electrons. The molecule has 6 heteroatoms. The first-order valence-corrected chi connectivity index (χ1v) is 8.10. The van der Waals surface area contributed by atoms with Crippen LogP contribution in [0.1, 0.15) is 21.7 Å². The normalized spacial score (nSPS) is 10.5. The van der Waals surface area contributed by atoms with Gasteiger partial charge >= 0.3 is 0 Å². The van der Waals surface area contributed by atoms with Crippen LogP contribution in [0.25, 0.3) is 11.4 Å². The summed E-state index contributed by atoms with van der Waals surface area (Å²) in [4.78, 5) is 12.1. The van der Waals surface area contributed by atoms with Crippen molar-refractivity contribution in [2.45, 2.75) is 13.5 Å². The van der Waals surface area contributed by atoms with Gasteiger partial charge in [-0.25, -0.2) is 0 Å². The number of hydrogen-bond acceptors (Lipinski definition) is 4. The quantitative estimate of drug-likeness (QED) is 0.752. The highest BCUT2D eigenvalue weighted by atomic mass is 16.1. The number of carbonyl (C=O) groups is 1. The molecule has 0 aliphatic heterocycles. The predicted molar refractivity (Wildman–Crippen MR) is 98.3 cm³/mol. The number of hydrogen-bond donors (Lipinski definition) is 2. The van der Waals surface area contributed by atoms with Crippen LogP contribution in [-0.4, -0.2) is 27.7 Å². The van der Waals surface area contributed by atoms with Crippen molar-refractivity contribution in [2.24, 2.45) is 7.05 Å². The standard InChI is InChI=1S/C19H21N5O/c1-13-9-10-16(15(11-13)19(25)20-2)21-12-17-22-23-18(24(17)3)14-7-5-4-6-8-14/h4-11,21H,12H2,1-3H3,(H,20,25). The number of anilines is 1. The largest absolute Gasteiger partial charge is 0.377 e. The van der Waals surface area contributed by atoms with Crippen molar-refractivity contribution in [2.75, 3.05) is 12.4 Å². The van der Waals surface area contributed by atoms with E-state index in [4.69, 9.17) is 0 Å². The lowest BCUT2D eigenvalue weighted by atomic mass is 10.1. The molecule has 25 heavy (non-hydrogen) atoms. The van der Waals surface area contributed by atoms with Crippen LogP contribution < -0.4 is 10.6 Å². The Balaban J connectivity index is 1.81. The maximum absolute atomic E-state index is 12.1. The van der Waals surface area contributed by atoms with Crippen LogP contribution in [0.5, 0.6) is 0 Å². The molecule has 128 valence electrons. The first kappa shape index (κ1) is 16.7. The predicted octanol–water partition coefficient (Wildman–Crippen LogP) is 2.76. The van der Waals surface area contributed by atoms with E-state index in [0.29, 0.717) is 12.1 Å². The van der Waals surface area contributed by atoms with Crippen molar-refractivity contribution in [3.8, 4) is 11.4 Å². The number of benzene rings is 2. The zero-order valence-electron chi connectivity index (χ0n) is 14.6. The Bertz CT molecular complexity index is 886. The zero-order valence-corrected chi connectivity index (χ0v) is 14.6. The highest BCUT2D eigenvalue weighted by Crippen LogP contribution is 2.20. The molecule has 0 saturated carbocycles. The fourth-order valence-electron chi connectivity index (χ4n) is 2.66. The SMILES string of the molecule is CNC(=O)c1cc(C)ccc1NCc1nnc(-c2ccccc2)n1C. The van der Waals surface area contributed by atoms with E-state index in [1.54, 1.807) is 7.05 Å². The molecule has 0 atom stereocenters. The molecule has 1 heterocycles. The van der Waals surface area contributed by atoms with Gasteiger partial charge in [-0.15, -0.1) is 10.2 Å². The first-order valence-electron chi connectivity index (χ1n) is 8.10. The summed E-state index contributed by atoms with van der Waals surface area (Å²) in [6.07, 6.45) is 0. The average Bonchev–Trinajstić information content (AvgIpc) is 3.01. The third-order valence-corrected chi connectivity index (χ3v) is 4.08. The molecule has 1 amide bonds. The second kappa shape index (κ2) is 7.17. The van der Waals surface area contributed by atoms with Gasteiger partial charge in [0, 0.05) is 25.3 Å². The van der Waals surface area contributed by atoms with Crippen LogP contribution in [0.3, 0.4) is 0 Å². The van der Waals surface area contributed by atoms with E-state index in [0.717, 1.165) is 28.5 Å². The van der Waals surface area contributed by atoms with Crippen molar-refractivity contribution in [3.05, 3.63) is 65.5 Å². The molecule has 0 saturated heterocycles. The summed E-state index contributed by atoms with van der Waals surface area (Å²) in [7, 11) is 3.57. The van der Waals surface area contributed by atoms with Crippen molar-refractivity contribution >= 4 is 11.6 Å². The lowest BCUT2D eigenvalue weighted by Gasteiger charge is -2.12. The molecule has 3 rings (SSSR count). The van der Waals surface area contributed by atoms with E-state index in [1.165, 1.54) is 0 Å². The third kappa shape index (κ3) is 3.52. The van der Waals surface area contributed by atoms with Gasteiger partial charge in [0.2, 0.25) is 0 Å². The van der Waals surface area contributed by atoms with Crippen LogP contribution >= 0.6 is 0 Å². The molecule has 2 N–H and O–H groups in total. The summed E-state index contributed by atoms with van der Waals surface area (Å²) in [5.41, 5.74) is 3.45. The van der Waals surface area contributed by atoms with E-state index < -0.39 is 0 Å². The number of rotatable bonds is 5. The van der Waals surface area contributed by atoms with Crippen LogP contribution in [-0.2, 0) is 13.6 Å². The Labute approximate surface area is 146 Å². The van der Waals surface area contributed by atoms with Crippen molar-refractivity contribution in [3.63, 3.8) is 0 Å². The Morgan fingerprint density at radius 1 is 1.12 bits per heavy atom. The average molecular weight is 335 g/mol. The Hall–Kier alpha value is -3.15. The van der Waals surface area contributed by atoms with Gasteiger partial charge in [0.25, 0.3) is 5.91 Å². The summed E-state index contributed by atoms with van der Waals surface area (Å²) >= 11 is 0. The monoisotopic (exact) mass is 335 g/mol. The fraction of sp³-hybridized carbons (Fsp3) is 0.211. The number of aryl methyl sites for hydroxylation is 1. The second-order valence-corrected chi connectivity index (χ2v) is 5.85. The Morgan fingerprint density at radius 2 is 1.88 bits per heavy atom. The Kier molecular flexibility index (Phi) is 4.79. The fourth-order valence-corrected chi connectivity index (χ4v) is 2.66. The summed E-state index contributed by atoms with van der Waals surface area (Å²) < 4.78 is 1.95. The number of nitrogens with zero attached hydrogens (tertiary/aromatic N) is 3. The minimum absolute atomic E-state index is 0.117. The number of carbonyl (C=O) groups excluding carboxylic acids is 1. The summed E-state index contributed by atoms with van der Waals surface area (Å²) in [6, 6.07) is 15.7. The molecule has 0 spiro atoms. The molecular formula is C19H21N5O. The van der Waals surface area contributed by atoms with E-state index in [9.17, 15) is 4.79 Å². The highest BCUT2D eigenvalue weighted by molar-refractivity contribution is 5.99. The zero-order chi connectivity index (χ0) is 17.8. The lowest BCUT2D eigenvalue weighted by molar-refractivity contribution is 0.0964. The molecule has 1 aromatic heterocycles. The van der Waals surface area contributed by atoms with Gasteiger partial charge in [-0.05, 0) is 19.1 Å². The minimum atomic E-state index is -0.117. The van der Waals surface area contributed by atoms with Gasteiger partial charge in [-0.2, -0.15) is 0 Å². The Morgan fingerprint density at radius 3 is 2.60 bits per heavy atom. The van der Waals surface area contributed by atoms with E-state index in [-0.39, 0.29) is 5.91 Å². The number of nitrogens with one attached hydrogen (secondary N) is 2. The van der Waals surface area contributed by atoms with Gasteiger partial charge in [0.15, 0.2) is 11.6 Å². The van der Waals surface area contributed by atoms with Gasteiger partial charge in [0.05, 0.1) is 12.1 Å². The van der Waals surface area contributed by atoms with Crippen LogP contribution in [0.15, 0.2) is 48.5 Å². The topological polar surface area (TPSA) is 71.8 Å². The second-order valence-electron chi connectivity index (χ2n) is 5.85. The molecule has 0 fully saturated rings. The molecule has 3 aromatic rings. The maximum Gasteiger partial charge on any atom is 0.253 e. The van der Waals surface area contributed by atoms with Gasteiger partial charge in [-0.3, -0.25) is 4.79 Å². The first-order chi connectivity index (χ1) is 12.1. The molecule has 0 bridgehead atoms. The van der Waals surface area contributed by atoms with Crippen molar-refractivity contribution in [1.29, 1.82) is 0 Å². The number of amides is 1. The smallest absolute Gasteiger partial charge is 0.253 e. The third-order valence-electron chi connectivity index (χ3n) is 4.08. The molecule has 0 unspecified atom stereocenters. The van der Waals surface area contributed by atoms with E-state index >= 15 is 0 Å². The van der Waals surface area contributed by atoms with E-state index in [1.807, 2.05) is 67.1 Å². The van der Waals surface area contributed by atoms with Crippen LogP contribution in [0.2, 0.25) is 0 Å².